The van der Waals surface area contributed by atoms with Crippen LogP contribution in [-0.2, 0) is 0 Å². The van der Waals surface area contributed by atoms with Crippen molar-refractivity contribution in [1.29, 1.82) is 0 Å². The fraction of sp³-hybridized carbons (Fsp3) is 0.400. The standard InChI is InChI=1S/C5H9NS/c1-3-4(2)5(6)7/h2-3H2,1H3,(H2,6,7). The van der Waals surface area contributed by atoms with Gasteiger partial charge < -0.3 is 5.73 Å². The molecule has 0 radical (unpaired) electrons. The van der Waals surface area contributed by atoms with Crippen LogP contribution in [0.25, 0.3) is 0 Å². The third-order valence-corrected chi connectivity index (χ3v) is 1.06. The molecule has 0 aromatic heterocycles. The summed E-state index contributed by atoms with van der Waals surface area (Å²) >= 11 is 4.60. The smallest absolute Gasteiger partial charge is 0.0988 e. The highest BCUT2D eigenvalue weighted by atomic mass is 32.1. The van der Waals surface area contributed by atoms with Crippen molar-refractivity contribution in [2.45, 2.75) is 13.3 Å². The van der Waals surface area contributed by atoms with Gasteiger partial charge in [0, 0.05) is 0 Å². The molecule has 40 valence electrons. The van der Waals surface area contributed by atoms with E-state index in [1.165, 1.54) is 0 Å². The summed E-state index contributed by atoms with van der Waals surface area (Å²) in [7, 11) is 0. The van der Waals surface area contributed by atoms with Gasteiger partial charge in [0.1, 0.15) is 0 Å². The molecule has 0 rings (SSSR count). The Hall–Kier alpha value is -0.370. The fourth-order valence-corrected chi connectivity index (χ4v) is 0.319. The topological polar surface area (TPSA) is 26.0 Å². The Morgan fingerprint density at radius 1 is 1.86 bits per heavy atom. The summed E-state index contributed by atoms with van der Waals surface area (Å²) in [5.41, 5.74) is 6.03. The largest absolute Gasteiger partial charge is 0.390 e. The highest BCUT2D eigenvalue weighted by Gasteiger charge is 1.88. The second-order valence-corrected chi connectivity index (χ2v) is 1.76. The van der Waals surface area contributed by atoms with Crippen LogP contribution in [0.2, 0.25) is 0 Å². The van der Waals surface area contributed by atoms with Gasteiger partial charge in [-0.2, -0.15) is 0 Å². The quantitative estimate of drug-likeness (QED) is 0.433. The van der Waals surface area contributed by atoms with Crippen LogP contribution in [0.15, 0.2) is 12.2 Å². The minimum atomic E-state index is 0.433. The molecule has 0 aromatic rings. The van der Waals surface area contributed by atoms with Crippen LogP contribution >= 0.6 is 12.2 Å². The summed E-state index contributed by atoms with van der Waals surface area (Å²) < 4.78 is 0. The van der Waals surface area contributed by atoms with Crippen molar-refractivity contribution >= 4 is 17.2 Å². The molecule has 0 atom stereocenters. The highest BCUT2D eigenvalue weighted by molar-refractivity contribution is 7.80. The van der Waals surface area contributed by atoms with Crippen molar-refractivity contribution in [3.63, 3.8) is 0 Å². The van der Waals surface area contributed by atoms with Crippen molar-refractivity contribution in [3.8, 4) is 0 Å². The Balaban J connectivity index is 3.58. The first-order valence-corrected chi connectivity index (χ1v) is 2.57. The molecule has 2 heteroatoms. The van der Waals surface area contributed by atoms with Crippen LogP contribution in [0.3, 0.4) is 0 Å². The van der Waals surface area contributed by atoms with Gasteiger partial charge in [0.15, 0.2) is 0 Å². The summed E-state index contributed by atoms with van der Waals surface area (Å²) in [6.45, 7) is 5.58. The summed E-state index contributed by atoms with van der Waals surface area (Å²) in [5.74, 6) is 0. The van der Waals surface area contributed by atoms with Crippen molar-refractivity contribution < 1.29 is 0 Å². The van der Waals surface area contributed by atoms with E-state index in [1.807, 2.05) is 6.92 Å². The normalized spacial score (nSPS) is 8.14. The fourth-order valence-electron chi connectivity index (χ4n) is 0.174. The molecule has 0 bridgehead atoms. The highest BCUT2D eigenvalue weighted by Crippen LogP contribution is 1.93. The molecule has 7 heavy (non-hydrogen) atoms. The van der Waals surface area contributed by atoms with E-state index in [2.05, 4.69) is 18.8 Å². The Labute approximate surface area is 49.2 Å². The van der Waals surface area contributed by atoms with Crippen molar-refractivity contribution in [2.75, 3.05) is 0 Å². The Morgan fingerprint density at radius 3 is 2.29 bits per heavy atom. The third-order valence-electron chi connectivity index (χ3n) is 0.775. The third kappa shape index (κ3) is 2.34. The second-order valence-electron chi connectivity index (χ2n) is 1.32. The number of nitrogens with two attached hydrogens (primary N) is 1. The molecule has 0 spiro atoms. The van der Waals surface area contributed by atoms with Crippen molar-refractivity contribution in [3.05, 3.63) is 12.2 Å². The first kappa shape index (κ1) is 6.63. The number of thiocarbonyl (C=S) groups is 1. The molecule has 0 saturated heterocycles. The average Bonchev–Trinajstić information content (AvgIpc) is 1.65. The van der Waals surface area contributed by atoms with E-state index in [4.69, 9.17) is 5.73 Å². The van der Waals surface area contributed by atoms with Crippen LogP contribution in [0, 0.1) is 0 Å². The first-order valence-electron chi connectivity index (χ1n) is 2.16. The maximum Gasteiger partial charge on any atom is 0.0988 e. The van der Waals surface area contributed by atoms with Gasteiger partial charge in [0.05, 0.1) is 4.99 Å². The van der Waals surface area contributed by atoms with Crippen LogP contribution in [0.4, 0.5) is 0 Å². The van der Waals surface area contributed by atoms with E-state index in [0.29, 0.717) is 4.99 Å². The molecule has 0 amide bonds. The SMILES string of the molecule is C=C(CC)C(N)=S. The lowest BCUT2D eigenvalue weighted by molar-refractivity contribution is 1.18. The van der Waals surface area contributed by atoms with Crippen LogP contribution in [0.5, 0.6) is 0 Å². The predicted molar refractivity (Wildman–Crippen MR) is 36.2 cm³/mol. The van der Waals surface area contributed by atoms with Gasteiger partial charge in [-0.1, -0.05) is 25.7 Å². The van der Waals surface area contributed by atoms with Crippen LogP contribution in [0.1, 0.15) is 13.3 Å². The molecule has 2 N–H and O–H groups in total. The molecular formula is C5H9NS. The molecule has 0 fully saturated rings. The molecule has 0 heterocycles. The summed E-state index contributed by atoms with van der Waals surface area (Å²) in [6.07, 6.45) is 0.856. The Bertz CT molecular complexity index is 96.3. The van der Waals surface area contributed by atoms with E-state index in [0.717, 1.165) is 12.0 Å². The van der Waals surface area contributed by atoms with Gasteiger partial charge in [-0.3, -0.25) is 0 Å². The Kier molecular flexibility index (Phi) is 2.60. The zero-order chi connectivity index (χ0) is 5.86. The molecule has 0 unspecified atom stereocenters. The van der Waals surface area contributed by atoms with E-state index in [-0.39, 0.29) is 0 Å². The lowest BCUT2D eigenvalue weighted by atomic mass is 10.2. The summed E-state index contributed by atoms with van der Waals surface area (Å²) in [5, 5.41) is 0. The van der Waals surface area contributed by atoms with Crippen LogP contribution in [-0.4, -0.2) is 4.99 Å². The monoisotopic (exact) mass is 115 g/mol. The molecule has 0 aliphatic carbocycles. The average molecular weight is 115 g/mol. The summed E-state index contributed by atoms with van der Waals surface area (Å²) in [6, 6.07) is 0. The lowest BCUT2D eigenvalue weighted by Gasteiger charge is -1.93. The van der Waals surface area contributed by atoms with Gasteiger partial charge in [0.25, 0.3) is 0 Å². The van der Waals surface area contributed by atoms with Crippen molar-refractivity contribution in [2.24, 2.45) is 5.73 Å². The second kappa shape index (κ2) is 2.75. The summed E-state index contributed by atoms with van der Waals surface area (Å²) in [4.78, 5) is 0.433. The zero-order valence-corrected chi connectivity index (χ0v) is 5.22. The lowest BCUT2D eigenvalue weighted by Crippen LogP contribution is -2.08. The molecule has 0 aromatic carbocycles. The molecule has 0 aliphatic rings. The minimum absolute atomic E-state index is 0.433. The molecule has 0 saturated carbocycles. The molecule has 1 nitrogen and oxygen atoms in total. The van der Waals surface area contributed by atoms with Gasteiger partial charge in [0.2, 0.25) is 0 Å². The molecule has 0 aliphatic heterocycles. The van der Waals surface area contributed by atoms with E-state index < -0.39 is 0 Å². The van der Waals surface area contributed by atoms with Gasteiger partial charge in [-0.15, -0.1) is 0 Å². The van der Waals surface area contributed by atoms with E-state index >= 15 is 0 Å². The molecular weight excluding hydrogens is 106 g/mol. The predicted octanol–water partition coefficient (Wildman–Crippen LogP) is 1.24. The number of rotatable bonds is 2. The minimum Gasteiger partial charge on any atom is -0.390 e. The number of hydrogen-bond donors (Lipinski definition) is 1. The van der Waals surface area contributed by atoms with Gasteiger partial charge >= 0.3 is 0 Å². The van der Waals surface area contributed by atoms with Gasteiger partial charge in [-0.05, 0) is 12.0 Å². The first-order chi connectivity index (χ1) is 3.18. The Morgan fingerprint density at radius 2 is 2.29 bits per heavy atom. The van der Waals surface area contributed by atoms with Crippen LogP contribution < -0.4 is 5.73 Å². The van der Waals surface area contributed by atoms with E-state index in [1.54, 1.807) is 0 Å². The van der Waals surface area contributed by atoms with Gasteiger partial charge in [-0.25, -0.2) is 0 Å². The maximum atomic E-state index is 5.18. The maximum absolute atomic E-state index is 5.18. The zero-order valence-electron chi connectivity index (χ0n) is 4.40. The number of hydrogen-bond acceptors (Lipinski definition) is 1. The van der Waals surface area contributed by atoms with Crippen molar-refractivity contribution in [1.82, 2.24) is 0 Å². The van der Waals surface area contributed by atoms with E-state index in [9.17, 15) is 0 Å².